The molecule has 1 saturated carbocycles. The van der Waals surface area contributed by atoms with Crippen molar-refractivity contribution in [3.8, 4) is 11.4 Å². The number of anilines is 1. The minimum atomic E-state index is -3.26. The molecule has 11 nitrogen and oxygen atoms in total. The molecule has 1 aliphatic rings. The number of sulfonamides is 1. The van der Waals surface area contributed by atoms with Gasteiger partial charge in [0.15, 0.2) is 5.82 Å². The van der Waals surface area contributed by atoms with E-state index in [1.165, 1.54) is 11.4 Å². The number of nitrogens with one attached hydrogen (secondary N) is 2. The van der Waals surface area contributed by atoms with Crippen LogP contribution in [0.5, 0.6) is 0 Å². The number of nitrogens with zero attached hydrogens (tertiary/aromatic N) is 5. The highest BCUT2D eigenvalue weighted by Crippen LogP contribution is 2.36. The van der Waals surface area contributed by atoms with Crippen LogP contribution in [0.1, 0.15) is 32.2 Å². The second kappa shape index (κ2) is 9.30. The van der Waals surface area contributed by atoms with Gasteiger partial charge in [-0.25, -0.2) is 17.4 Å². The molecule has 0 radical (unpaired) electrons. The molecule has 0 unspecified atom stereocenters. The Kier molecular flexibility index (Phi) is 6.77. The summed E-state index contributed by atoms with van der Waals surface area (Å²) in [7, 11) is -1.77. The molecule has 1 aromatic carbocycles. The number of carbonyl (C=O) groups is 2. The van der Waals surface area contributed by atoms with Crippen LogP contribution in [-0.4, -0.2) is 70.6 Å². The lowest BCUT2D eigenvalue weighted by Crippen LogP contribution is -2.37. The molecule has 3 rings (SSSR count). The third-order valence-electron chi connectivity index (χ3n) is 4.75. The fourth-order valence-corrected chi connectivity index (χ4v) is 3.66. The molecule has 2 N–H and O–H groups in total. The van der Waals surface area contributed by atoms with E-state index in [0.717, 1.165) is 18.4 Å². The van der Waals surface area contributed by atoms with Crippen molar-refractivity contribution in [2.75, 3.05) is 31.2 Å². The summed E-state index contributed by atoms with van der Waals surface area (Å²) in [6, 6.07) is 7.27. The van der Waals surface area contributed by atoms with Crippen LogP contribution < -0.4 is 10.6 Å². The van der Waals surface area contributed by atoms with Crippen LogP contribution in [0, 0.1) is 0 Å². The minimum absolute atomic E-state index is 0.0182. The number of tetrazole rings is 1. The Morgan fingerprint density at radius 1 is 1.27 bits per heavy atom. The van der Waals surface area contributed by atoms with Gasteiger partial charge >= 0.3 is 11.8 Å². The van der Waals surface area contributed by atoms with Crippen molar-refractivity contribution in [2.24, 2.45) is 0 Å². The number of benzene rings is 1. The maximum atomic E-state index is 12.2. The van der Waals surface area contributed by atoms with Crippen molar-refractivity contribution >= 4 is 27.5 Å². The number of rotatable bonds is 9. The molecule has 1 aromatic heterocycles. The Labute approximate surface area is 174 Å². The summed E-state index contributed by atoms with van der Waals surface area (Å²) in [5.41, 5.74) is 1.19. The van der Waals surface area contributed by atoms with Gasteiger partial charge < -0.3 is 10.6 Å². The molecule has 0 saturated heterocycles. The molecule has 1 aliphatic carbocycles. The smallest absolute Gasteiger partial charge is 0.313 e. The predicted octanol–water partition coefficient (Wildman–Crippen LogP) is 0.401. The number of carbonyl (C=O) groups excluding carboxylic acids is 2. The van der Waals surface area contributed by atoms with Gasteiger partial charge in [-0.15, -0.1) is 5.10 Å². The zero-order valence-electron chi connectivity index (χ0n) is 16.9. The fourth-order valence-electron chi connectivity index (χ4n) is 2.82. The predicted molar refractivity (Wildman–Crippen MR) is 110 cm³/mol. The van der Waals surface area contributed by atoms with Crippen LogP contribution in [0.2, 0.25) is 0 Å². The van der Waals surface area contributed by atoms with E-state index >= 15 is 0 Å². The van der Waals surface area contributed by atoms with E-state index in [0.29, 0.717) is 24.0 Å². The summed E-state index contributed by atoms with van der Waals surface area (Å²) in [4.78, 5) is 24.2. The second-order valence-corrected chi connectivity index (χ2v) is 9.41. The summed E-state index contributed by atoms with van der Waals surface area (Å²) in [6.45, 7) is 2.01. The second-order valence-electron chi connectivity index (χ2n) is 7.04. The first-order chi connectivity index (χ1) is 14.3. The highest BCUT2D eigenvalue weighted by Gasteiger charge is 2.28. The van der Waals surface area contributed by atoms with E-state index in [1.807, 2.05) is 6.07 Å². The molecule has 1 fully saturated rings. The number of amides is 2. The van der Waals surface area contributed by atoms with Gasteiger partial charge in [0.2, 0.25) is 10.0 Å². The summed E-state index contributed by atoms with van der Waals surface area (Å²) in [5.74, 6) is -0.957. The molecule has 1 heterocycles. The van der Waals surface area contributed by atoms with Crippen molar-refractivity contribution in [2.45, 2.75) is 32.2 Å². The first-order valence-corrected chi connectivity index (χ1v) is 11.3. The molecular weight excluding hydrogens is 410 g/mol. The zero-order valence-corrected chi connectivity index (χ0v) is 17.7. The van der Waals surface area contributed by atoms with E-state index in [2.05, 4.69) is 26.2 Å². The van der Waals surface area contributed by atoms with E-state index in [9.17, 15) is 18.0 Å². The van der Waals surface area contributed by atoms with Gasteiger partial charge in [-0.1, -0.05) is 12.1 Å². The zero-order chi connectivity index (χ0) is 21.7. The van der Waals surface area contributed by atoms with Crippen LogP contribution >= 0.6 is 0 Å². The highest BCUT2D eigenvalue weighted by atomic mass is 32.2. The number of hydrogen-bond acceptors (Lipinski definition) is 7. The number of hydrogen-bond donors (Lipinski definition) is 2. The van der Waals surface area contributed by atoms with Gasteiger partial charge in [0.05, 0.1) is 11.8 Å². The van der Waals surface area contributed by atoms with E-state index in [4.69, 9.17) is 0 Å². The lowest BCUT2D eigenvalue weighted by Gasteiger charge is -2.15. The third-order valence-corrected chi connectivity index (χ3v) is 6.61. The molecule has 30 heavy (non-hydrogen) atoms. The lowest BCUT2D eigenvalue weighted by molar-refractivity contribution is -0.136. The van der Waals surface area contributed by atoms with Gasteiger partial charge in [0.1, 0.15) is 0 Å². The van der Waals surface area contributed by atoms with Crippen molar-refractivity contribution in [1.29, 1.82) is 0 Å². The fraction of sp³-hybridized carbons (Fsp3) is 0.500. The Bertz CT molecular complexity index is 1020. The largest absolute Gasteiger partial charge is 0.348 e. The van der Waals surface area contributed by atoms with Crippen LogP contribution in [0.15, 0.2) is 24.3 Å². The van der Waals surface area contributed by atoms with Crippen molar-refractivity contribution in [1.82, 2.24) is 29.8 Å². The molecular formula is C18H25N7O4S. The van der Waals surface area contributed by atoms with Gasteiger partial charge in [0.25, 0.3) is 0 Å². The van der Waals surface area contributed by atoms with E-state index in [-0.39, 0.29) is 18.8 Å². The van der Waals surface area contributed by atoms with Gasteiger partial charge in [-0.3, -0.25) is 9.59 Å². The summed E-state index contributed by atoms with van der Waals surface area (Å²) in [6.07, 6.45) is 2.47. The monoisotopic (exact) mass is 435 g/mol. The number of aromatic nitrogens is 4. The summed E-state index contributed by atoms with van der Waals surface area (Å²) >= 11 is 0. The highest BCUT2D eigenvalue weighted by molar-refractivity contribution is 7.89. The first kappa shape index (κ1) is 21.8. The topological polar surface area (TPSA) is 139 Å². The summed E-state index contributed by atoms with van der Waals surface area (Å²) in [5, 5.41) is 16.8. The Balaban J connectivity index is 1.51. The van der Waals surface area contributed by atoms with Crippen molar-refractivity contribution in [3.05, 3.63) is 24.3 Å². The third kappa shape index (κ3) is 5.39. The minimum Gasteiger partial charge on any atom is -0.348 e. The van der Waals surface area contributed by atoms with Crippen molar-refractivity contribution < 1.29 is 18.0 Å². The maximum Gasteiger partial charge on any atom is 0.313 e. The van der Waals surface area contributed by atoms with E-state index in [1.54, 1.807) is 29.8 Å². The van der Waals surface area contributed by atoms with Gasteiger partial charge in [-0.05, 0) is 48.7 Å². The van der Waals surface area contributed by atoms with Gasteiger partial charge in [0, 0.05) is 31.4 Å². The average Bonchev–Trinajstić information content (AvgIpc) is 3.47. The normalized spacial score (nSPS) is 14.0. The Hall–Kier alpha value is -2.86. The molecule has 0 bridgehead atoms. The van der Waals surface area contributed by atoms with Crippen LogP contribution in [0.4, 0.5) is 5.69 Å². The molecule has 162 valence electrons. The Morgan fingerprint density at radius 2 is 2.03 bits per heavy atom. The SMILES string of the molecule is CCS(=O)(=O)N(C)CCCNC(=O)C(=O)Nc1cccc(-c2nnnn2C2CC2)c1. The standard InChI is InChI=1S/C18H25N7O4S/c1-3-30(28,29)24(2)11-5-10-19-17(26)18(27)20-14-7-4-6-13(12-14)16-21-22-23-25(16)15-8-9-15/h4,6-7,12,15H,3,5,8-11H2,1-2H3,(H,19,26)(H,20,27). The molecule has 0 spiro atoms. The lowest BCUT2D eigenvalue weighted by atomic mass is 10.2. The molecule has 2 aromatic rings. The molecule has 12 heteroatoms. The van der Waals surface area contributed by atoms with Crippen LogP contribution in [-0.2, 0) is 19.6 Å². The Morgan fingerprint density at radius 3 is 2.73 bits per heavy atom. The maximum absolute atomic E-state index is 12.2. The quantitative estimate of drug-likeness (QED) is 0.429. The van der Waals surface area contributed by atoms with Gasteiger partial charge in [-0.2, -0.15) is 0 Å². The van der Waals surface area contributed by atoms with Crippen molar-refractivity contribution in [3.63, 3.8) is 0 Å². The molecule has 2 amide bonds. The molecule has 0 aliphatic heterocycles. The van der Waals surface area contributed by atoms with Crippen LogP contribution in [0.3, 0.4) is 0 Å². The van der Waals surface area contributed by atoms with Crippen LogP contribution in [0.25, 0.3) is 11.4 Å². The molecule has 0 atom stereocenters. The average molecular weight is 436 g/mol. The van der Waals surface area contributed by atoms with E-state index < -0.39 is 21.8 Å². The summed E-state index contributed by atoms with van der Waals surface area (Å²) < 4.78 is 26.4. The first-order valence-electron chi connectivity index (χ1n) is 9.73.